The van der Waals surface area contributed by atoms with Gasteiger partial charge in [-0.2, -0.15) is 0 Å². The van der Waals surface area contributed by atoms with Crippen molar-refractivity contribution in [1.82, 2.24) is 19.5 Å². The Morgan fingerprint density at radius 3 is 1.40 bits per heavy atom. The van der Waals surface area contributed by atoms with Crippen LogP contribution >= 0.6 is 0 Å². The summed E-state index contributed by atoms with van der Waals surface area (Å²) >= 11 is 0. The minimum Gasteiger partial charge on any atom is -0.309 e. The average molecular weight is 708 g/mol. The second-order valence-corrected chi connectivity index (χ2v) is 13.3. The Kier molecular flexibility index (Phi) is 6.85. The predicted molar refractivity (Wildman–Crippen MR) is 227 cm³/mol. The summed E-state index contributed by atoms with van der Waals surface area (Å²) in [6.45, 7) is 0. The molecule has 0 saturated heterocycles. The highest BCUT2D eigenvalue weighted by Crippen LogP contribution is 2.42. The Hall–Kier alpha value is -7.43. The standard InChI is InChI=1S/C51H34N4/c1-6-16-35(17-7-1)37-26-28-40(29-27-37)50-52-49(39-22-12-4-13-23-39)53-51(54-50)41-30-31-44-46(33-41)55(43-24-14-5-15-25-43)47-34-42(36-18-8-2-9-19-36)32-45(48(44)47)38-20-10-3-11-21-38/h1-34H/i5D,14D,15D,24D,25D. The molecule has 0 aliphatic rings. The quantitative estimate of drug-likeness (QED) is 0.166. The molecular formula is C51H34N4. The van der Waals surface area contributed by atoms with Gasteiger partial charge >= 0.3 is 0 Å². The molecule has 0 bridgehead atoms. The second kappa shape index (κ2) is 13.8. The molecule has 2 heterocycles. The van der Waals surface area contributed by atoms with Gasteiger partial charge in [0.05, 0.1) is 17.9 Å². The van der Waals surface area contributed by atoms with Crippen LogP contribution in [0.4, 0.5) is 0 Å². The second-order valence-electron chi connectivity index (χ2n) is 13.3. The number of fused-ring (bicyclic) bond motifs is 3. The van der Waals surface area contributed by atoms with Crippen molar-refractivity contribution in [3.8, 4) is 73.2 Å². The summed E-state index contributed by atoms with van der Waals surface area (Å²) in [5.74, 6) is 1.44. The van der Waals surface area contributed by atoms with Crippen LogP contribution in [-0.4, -0.2) is 19.5 Å². The number of nitrogens with zero attached hydrogens (tertiary/aromatic N) is 4. The van der Waals surface area contributed by atoms with E-state index in [0.29, 0.717) is 34.1 Å². The molecule has 0 spiro atoms. The maximum atomic E-state index is 9.21. The Morgan fingerprint density at radius 2 is 0.800 bits per heavy atom. The Balaban J connectivity index is 1.26. The third-order valence-electron chi connectivity index (χ3n) is 9.94. The van der Waals surface area contributed by atoms with Crippen molar-refractivity contribution >= 4 is 21.8 Å². The molecule has 8 aromatic carbocycles. The van der Waals surface area contributed by atoms with Gasteiger partial charge in [-0.15, -0.1) is 0 Å². The number of benzene rings is 8. The highest BCUT2D eigenvalue weighted by Gasteiger charge is 2.20. The molecule has 10 aromatic rings. The zero-order chi connectivity index (χ0) is 40.9. The molecule has 4 heteroatoms. The monoisotopic (exact) mass is 707 g/mol. The molecule has 0 fully saturated rings. The summed E-state index contributed by atoms with van der Waals surface area (Å²) in [4.78, 5) is 15.1. The highest BCUT2D eigenvalue weighted by molar-refractivity contribution is 6.17. The van der Waals surface area contributed by atoms with Crippen LogP contribution in [0.3, 0.4) is 0 Å². The fourth-order valence-corrected chi connectivity index (χ4v) is 7.31. The molecular weight excluding hydrogens is 669 g/mol. The first kappa shape index (κ1) is 27.2. The van der Waals surface area contributed by atoms with E-state index < -0.39 is 18.1 Å². The number of rotatable bonds is 7. The van der Waals surface area contributed by atoms with E-state index in [1.165, 1.54) is 0 Å². The minimum absolute atomic E-state index is 0.0576. The predicted octanol–water partition coefficient (Wildman–Crippen LogP) is 13.0. The van der Waals surface area contributed by atoms with Gasteiger partial charge in [-0.25, -0.2) is 15.0 Å². The highest BCUT2D eigenvalue weighted by atomic mass is 15.0. The summed E-state index contributed by atoms with van der Waals surface area (Å²) in [5, 5.41) is 1.72. The number of hydrogen-bond acceptors (Lipinski definition) is 3. The lowest BCUT2D eigenvalue weighted by Crippen LogP contribution is -2.00. The molecule has 0 amide bonds. The van der Waals surface area contributed by atoms with E-state index in [0.717, 1.165) is 55.3 Å². The van der Waals surface area contributed by atoms with E-state index in [4.69, 9.17) is 19.1 Å². The van der Waals surface area contributed by atoms with Crippen LogP contribution in [0.25, 0.3) is 95.0 Å². The van der Waals surface area contributed by atoms with Crippen molar-refractivity contribution in [2.24, 2.45) is 0 Å². The molecule has 0 aliphatic heterocycles. The van der Waals surface area contributed by atoms with Crippen molar-refractivity contribution in [3.05, 3.63) is 206 Å². The van der Waals surface area contributed by atoms with Gasteiger partial charge in [0.25, 0.3) is 0 Å². The van der Waals surface area contributed by atoms with E-state index in [1.807, 2.05) is 138 Å². The van der Waals surface area contributed by atoms with Gasteiger partial charge in [0.15, 0.2) is 17.5 Å². The van der Waals surface area contributed by atoms with Gasteiger partial charge in [0.2, 0.25) is 0 Å². The molecule has 0 radical (unpaired) electrons. The Bertz CT molecular complexity index is 3200. The number of aromatic nitrogens is 4. The van der Waals surface area contributed by atoms with E-state index >= 15 is 0 Å². The van der Waals surface area contributed by atoms with Crippen molar-refractivity contribution in [2.45, 2.75) is 0 Å². The largest absolute Gasteiger partial charge is 0.309 e. The summed E-state index contributed by atoms with van der Waals surface area (Å²) in [7, 11) is 0. The van der Waals surface area contributed by atoms with Gasteiger partial charge in [0.1, 0.15) is 0 Å². The summed E-state index contributed by atoms with van der Waals surface area (Å²) in [6, 6.07) is 56.6. The molecule has 0 unspecified atom stereocenters. The van der Waals surface area contributed by atoms with Crippen LogP contribution in [0.15, 0.2) is 206 Å². The van der Waals surface area contributed by atoms with Gasteiger partial charge in [0, 0.05) is 33.2 Å². The Labute approximate surface area is 326 Å². The van der Waals surface area contributed by atoms with Gasteiger partial charge in [-0.1, -0.05) is 176 Å². The molecule has 0 saturated carbocycles. The molecule has 4 nitrogen and oxygen atoms in total. The maximum Gasteiger partial charge on any atom is 0.164 e. The van der Waals surface area contributed by atoms with Crippen molar-refractivity contribution in [3.63, 3.8) is 0 Å². The number of para-hydroxylation sites is 1. The zero-order valence-corrected chi connectivity index (χ0v) is 29.5. The van der Waals surface area contributed by atoms with Crippen molar-refractivity contribution < 1.29 is 6.85 Å². The smallest absolute Gasteiger partial charge is 0.164 e. The van der Waals surface area contributed by atoms with Gasteiger partial charge in [-0.3, -0.25) is 0 Å². The summed E-state index contributed by atoms with van der Waals surface area (Å²) in [5.41, 5.74) is 9.74. The molecule has 0 N–H and O–H groups in total. The molecule has 0 atom stereocenters. The number of hydrogen-bond donors (Lipinski definition) is 0. The molecule has 2 aromatic heterocycles. The minimum atomic E-state index is -0.451. The third kappa shape index (κ3) is 6.06. The Morgan fingerprint density at radius 1 is 0.364 bits per heavy atom. The first-order valence-corrected chi connectivity index (χ1v) is 18.1. The normalized spacial score (nSPS) is 12.5. The molecule has 258 valence electrons. The molecule has 10 rings (SSSR count). The van der Waals surface area contributed by atoms with Crippen molar-refractivity contribution in [2.75, 3.05) is 0 Å². The van der Waals surface area contributed by atoms with Crippen molar-refractivity contribution in [1.29, 1.82) is 0 Å². The van der Waals surface area contributed by atoms with Crippen LogP contribution in [0.2, 0.25) is 0 Å². The third-order valence-corrected chi connectivity index (χ3v) is 9.94. The van der Waals surface area contributed by atoms with E-state index in [1.54, 1.807) is 0 Å². The SMILES string of the molecule is [2H]c1c([2H])c([2H])c(-n2c3cc(-c4nc(-c5ccccc5)nc(-c5ccc(-c6ccccc6)cc5)n4)ccc3c3c(-c4ccccc4)cc(-c4ccccc4)cc32)c([2H])c1[2H]. The average Bonchev–Trinajstić information content (AvgIpc) is 3.64. The lowest BCUT2D eigenvalue weighted by atomic mass is 9.94. The van der Waals surface area contributed by atoms with Gasteiger partial charge < -0.3 is 4.57 Å². The van der Waals surface area contributed by atoms with Gasteiger partial charge in [-0.05, 0) is 63.7 Å². The van der Waals surface area contributed by atoms with E-state index in [-0.39, 0.29) is 17.8 Å². The summed E-state index contributed by atoms with van der Waals surface area (Å²) < 4.78 is 46.1. The van der Waals surface area contributed by atoms with E-state index in [9.17, 15) is 2.74 Å². The first-order chi connectivity index (χ1) is 29.3. The fraction of sp³-hybridized carbons (Fsp3) is 0. The lowest BCUT2D eigenvalue weighted by molar-refractivity contribution is 1.07. The lowest BCUT2D eigenvalue weighted by Gasteiger charge is -2.12. The van der Waals surface area contributed by atoms with Crippen LogP contribution < -0.4 is 0 Å². The maximum absolute atomic E-state index is 9.21. The van der Waals surface area contributed by atoms with Crippen LogP contribution in [0.1, 0.15) is 6.85 Å². The van der Waals surface area contributed by atoms with Crippen LogP contribution in [0, 0.1) is 0 Å². The molecule has 55 heavy (non-hydrogen) atoms. The van der Waals surface area contributed by atoms with Crippen LogP contribution in [0.5, 0.6) is 0 Å². The molecule has 0 aliphatic carbocycles. The summed E-state index contributed by atoms with van der Waals surface area (Å²) in [6.07, 6.45) is 0. The van der Waals surface area contributed by atoms with E-state index in [2.05, 4.69) is 42.5 Å². The van der Waals surface area contributed by atoms with Crippen LogP contribution in [-0.2, 0) is 0 Å². The zero-order valence-electron chi connectivity index (χ0n) is 34.5. The topological polar surface area (TPSA) is 43.6 Å². The fourth-order valence-electron chi connectivity index (χ4n) is 7.31. The first-order valence-electron chi connectivity index (χ1n) is 20.6.